The van der Waals surface area contributed by atoms with Crippen LogP contribution in [-0.4, -0.2) is 31.9 Å². The van der Waals surface area contributed by atoms with Crippen LogP contribution in [0.1, 0.15) is 53.7 Å². The molecule has 2 rings (SSSR count). The van der Waals surface area contributed by atoms with E-state index in [9.17, 15) is 4.79 Å². The van der Waals surface area contributed by atoms with Crippen molar-refractivity contribution in [2.24, 2.45) is 0 Å². The van der Waals surface area contributed by atoms with Crippen molar-refractivity contribution >= 4 is 5.78 Å². The predicted octanol–water partition coefficient (Wildman–Crippen LogP) is 3.23. The average molecular weight is 261 g/mol. The first-order valence-corrected chi connectivity index (χ1v) is 6.99. The molecule has 1 aromatic rings. The number of carbonyl (C=O) groups is 1. The third kappa shape index (κ3) is 2.52. The Morgan fingerprint density at radius 3 is 2.74 bits per heavy atom. The van der Waals surface area contributed by atoms with Crippen molar-refractivity contribution in [1.82, 2.24) is 4.90 Å². The predicted molar refractivity (Wildman–Crippen MR) is 77.0 cm³/mol. The van der Waals surface area contributed by atoms with Gasteiger partial charge in [-0.3, -0.25) is 4.79 Å². The van der Waals surface area contributed by atoms with Gasteiger partial charge in [-0.15, -0.1) is 0 Å². The highest BCUT2D eigenvalue weighted by Crippen LogP contribution is 2.40. The molecular formula is C16H23NO2. The standard InChI is InChI=1S/C16H23NO2/c1-5-14(18)11-9-10-15(19-4)12-7-6-8-13(16(11)12)17(2)3/h9-10,13H,5-8H2,1-4H3/t13-/m0/s1. The van der Waals surface area contributed by atoms with Crippen molar-refractivity contribution < 1.29 is 9.53 Å². The van der Waals surface area contributed by atoms with Crippen LogP contribution in [0.4, 0.5) is 0 Å². The zero-order chi connectivity index (χ0) is 14.0. The van der Waals surface area contributed by atoms with Crippen LogP contribution in [0.25, 0.3) is 0 Å². The molecule has 0 saturated carbocycles. The molecule has 0 unspecified atom stereocenters. The molecule has 3 nitrogen and oxygen atoms in total. The molecule has 0 N–H and O–H groups in total. The number of ether oxygens (including phenoxy) is 1. The van der Waals surface area contributed by atoms with E-state index in [1.807, 2.05) is 19.1 Å². The summed E-state index contributed by atoms with van der Waals surface area (Å²) >= 11 is 0. The Bertz CT molecular complexity index is 480. The molecule has 0 aliphatic heterocycles. The van der Waals surface area contributed by atoms with Crippen LogP contribution in [0.3, 0.4) is 0 Å². The fourth-order valence-corrected chi connectivity index (χ4v) is 3.04. The third-order valence-electron chi connectivity index (χ3n) is 4.02. The third-order valence-corrected chi connectivity index (χ3v) is 4.02. The number of benzene rings is 1. The minimum absolute atomic E-state index is 0.229. The summed E-state index contributed by atoms with van der Waals surface area (Å²) < 4.78 is 5.48. The van der Waals surface area contributed by atoms with Crippen molar-refractivity contribution in [3.8, 4) is 5.75 Å². The molecule has 0 saturated heterocycles. The second-order valence-electron chi connectivity index (χ2n) is 5.36. The lowest BCUT2D eigenvalue weighted by Crippen LogP contribution is -2.26. The van der Waals surface area contributed by atoms with Gasteiger partial charge in [0.25, 0.3) is 0 Å². The highest BCUT2D eigenvalue weighted by atomic mass is 16.5. The number of ketones is 1. The molecule has 3 heteroatoms. The summed E-state index contributed by atoms with van der Waals surface area (Å²) in [6, 6.07) is 4.20. The number of methoxy groups -OCH3 is 1. The second-order valence-corrected chi connectivity index (χ2v) is 5.36. The van der Waals surface area contributed by atoms with Crippen molar-refractivity contribution in [2.75, 3.05) is 21.2 Å². The number of carbonyl (C=O) groups excluding carboxylic acids is 1. The van der Waals surface area contributed by atoms with Crippen LogP contribution < -0.4 is 4.74 Å². The Labute approximate surface area is 115 Å². The first-order chi connectivity index (χ1) is 9.10. The summed E-state index contributed by atoms with van der Waals surface area (Å²) in [4.78, 5) is 14.4. The molecule has 0 heterocycles. The molecule has 19 heavy (non-hydrogen) atoms. The molecule has 0 fully saturated rings. The SMILES string of the molecule is CCC(=O)c1ccc(OC)c2c1[C@@H](N(C)C)CCC2. The first kappa shape index (κ1) is 14.1. The normalized spacial score (nSPS) is 18.3. The Hall–Kier alpha value is -1.35. The number of hydrogen-bond donors (Lipinski definition) is 0. The van der Waals surface area contributed by atoms with Gasteiger partial charge in [0.1, 0.15) is 5.75 Å². The lowest BCUT2D eigenvalue weighted by atomic mass is 9.82. The summed E-state index contributed by atoms with van der Waals surface area (Å²) in [5.74, 6) is 1.15. The van der Waals surface area contributed by atoms with E-state index in [1.165, 1.54) is 11.1 Å². The maximum atomic E-state index is 12.2. The van der Waals surface area contributed by atoms with Gasteiger partial charge in [-0.2, -0.15) is 0 Å². The molecule has 0 radical (unpaired) electrons. The first-order valence-electron chi connectivity index (χ1n) is 6.99. The fourth-order valence-electron chi connectivity index (χ4n) is 3.04. The van der Waals surface area contributed by atoms with E-state index >= 15 is 0 Å². The van der Waals surface area contributed by atoms with Crippen LogP contribution in [-0.2, 0) is 6.42 Å². The quantitative estimate of drug-likeness (QED) is 0.779. The van der Waals surface area contributed by atoms with E-state index in [1.54, 1.807) is 7.11 Å². The molecule has 0 spiro atoms. The van der Waals surface area contributed by atoms with Gasteiger partial charge in [-0.1, -0.05) is 6.92 Å². The van der Waals surface area contributed by atoms with E-state index in [4.69, 9.17) is 4.74 Å². The highest BCUT2D eigenvalue weighted by molar-refractivity contribution is 5.98. The zero-order valence-electron chi connectivity index (χ0n) is 12.3. The molecule has 1 atom stereocenters. The molecule has 0 bridgehead atoms. The van der Waals surface area contributed by atoms with Crippen molar-refractivity contribution in [2.45, 2.75) is 38.6 Å². The van der Waals surface area contributed by atoms with Crippen LogP contribution in [0.15, 0.2) is 12.1 Å². The van der Waals surface area contributed by atoms with Gasteiger partial charge in [-0.05, 0) is 56.6 Å². The zero-order valence-corrected chi connectivity index (χ0v) is 12.3. The van der Waals surface area contributed by atoms with Gasteiger partial charge in [-0.25, -0.2) is 0 Å². The number of rotatable bonds is 4. The molecule has 0 amide bonds. The Balaban J connectivity index is 2.62. The van der Waals surface area contributed by atoms with Gasteiger partial charge in [0.05, 0.1) is 7.11 Å². The maximum absolute atomic E-state index is 12.2. The summed E-state index contributed by atoms with van der Waals surface area (Å²) in [7, 11) is 5.87. The number of fused-ring (bicyclic) bond motifs is 1. The molecule has 1 aliphatic carbocycles. The number of hydrogen-bond acceptors (Lipinski definition) is 3. The summed E-state index contributed by atoms with van der Waals surface area (Å²) in [6.45, 7) is 1.92. The molecule has 1 aromatic carbocycles. The van der Waals surface area contributed by atoms with Gasteiger partial charge < -0.3 is 9.64 Å². The topological polar surface area (TPSA) is 29.5 Å². The lowest BCUT2D eigenvalue weighted by molar-refractivity contribution is 0.0984. The summed E-state index contributed by atoms with van der Waals surface area (Å²) in [5.41, 5.74) is 3.31. The van der Waals surface area contributed by atoms with Crippen LogP contribution in [0, 0.1) is 0 Å². The lowest BCUT2D eigenvalue weighted by Gasteiger charge is -2.33. The monoisotopic (exact) mass is 261 g/mol. The average Bonchev–Trinajstić information content (AvgIpc) is 2.44. The van der Waals surface area contributed by atoms with E-state index in [0.717, 1.165) is 30.6 Å². The summed E-state index contributed by atoms with van der Waals surface area (Å²) in [5, 5.41) is 0. The number of Topliss-reactive ketones (excluding diaryl/α,β-unsaturated/α-hetero) is 1. The van der Waals surface area contributed by atoms with E-state index in [0.29, 0.717) is 12.5 Å². The highest BCUT2D eigenvalue weighted by Gasteiger charge is 2.28. The van der Waals surface area contributed by atoms with Crippen molar-refractivity contribution in [1.29, 1.82) is 0 Å². The van der Waals surface area contributed by atoms with E-state index in [2.05, 4.69) is 19.0 Å². The van der Waals surface area contributed by atoms with Gasteiger partial charge >= 0.3 is 0 Å². The van der Waals surface area contributed by atoms with Crippen LogP contribution in [0.5, 0.6) is 5.75 Å². The van der Waals surface area contributed by atoms with Gasteiger partial charge in [0.2, 0.25) is 0 Å². The van der Waals surface area contributed by atoms with Gasteiger partial charge in [0, 0.05) is 18.0 Å². The largest absolute Gasteiger partial charge is 0.496 e. The molecule has 104 valence electrons. The van der Waals surface area contributed by atoms with E-state index < -0.39 is 0 Å². The van der Waals surface area contributed by atoms with Crippen molar-refractivity contribution in [3.63, 3.8) is 0 Å². The molecular weight excluding hydrogens is 238 g/mol. The number of nitrogens with zero attached hydrogens (tertiary/aromatic N) is 1. The molecule has 0 aromatic heterocycles. The maximum Gasteiger partial charge on any atom is 0.162 e. The Morgan fingerprint density at radius 2 is 2.16 bits per heavy atom. The minimum atomic E-state index is 0.229. The van der Waals surface area contributed by atoms with Crippen molar-refractivity contribution in [3.05, 3.63) is 28.8 Å². The van der Waals surface area contributed by atoms with E-state index in [-0.39, 0.29) is 5.78 Å². The second kappa shape index (κ2) is 5.74. The summed E-state index contributed by atoms with van der Waals surface area (Å²) in [6.07, 6.45) is 3.82. The smallest absolute Gasteiger partial charge is 0.162 e. The Kier molecular flexibility index (Phi) is 4.25. The molecule has 1 aliphatic rings. The van der Waals surface area contributed by atoms with Gasteiger partial charge in [0.15, 0.2) is 5.78 Å². The Morgan fingerprint density at radius 1 is 1.42 bits per heavy atom. The minimum Gasteiger partial charge on any atom is -0.496 e. The van der Waals surface area contributed by atoms with Crippen LogP contribution in [0.2, 0.25) is 0 Å². The van der Waals surface area contributed by atoms with Crippen LogP contribution >= 0.6 is 0 Å². The fraction of sp³-hybridized carbons (Fsp3) is 0.562.